The molecule has 1 rings (SSSR count). The third-order valence-electron chi connectivity index (χ3n) is 1.31. The zero-order chi connectivity index (χ0) is 8.27. The first-order valence-electron chi connectivity index (χ1n) is 3.31. The third-order valence-corrected chi connectivity index (χ3v) is 1.31. The first kappa shape index (κ1) is 7.81. The lowest BCUT2D eigenvalue weighted by Crippen LogP contribution is -2.04. The van der Waals surface area contributed by atoms with Gasteiger partial charge in [0.2, 0.25) is 0 Å². The highest BCUT2D eigenvalue weighted by atomic mass is 16.3. The lowest BCUT2D eigenvalue weighted by molar-refractivity contribution is 0.440. The summed E-state index contributed by atoms with van der Waals surface area (Å²) in [6, 6.07) is 1.25. The van der Waals surface area contributed by atoms with Crippen molar-refractivity contribution in [2.24, 2.45) is 5.73 Å². The van der Waals surface area contributed by atoms with E-state index in [2.05, 4.69) is 4.98 Å². The summed E-state index contributed by atoms with van der Waals surface area (Å²) < 4.78 is 0. The average Bonchev–Trinajstić information content (AvgIpc) is 1.95. The molecule has 1 heterocycles. The summed E-state index contributed by atoms with van der Waals surface area (Å²) in [6.07, 6.45) is 1.80. The predicted molar refractivity (Wildman–Crippen MR) is 40.3 cm³/mol. The van der Waals surface area contributed by atoms with Crippen molar-refractivity contribution in [1.82, 2.24) is 4.98 Å². The molecule has 60 valence electrons. The van der Waals surface area contributed by atoms with E-state index in [4.69, 9.17) is 15.9 Å². The average molecular weight is 154 g/mol. The van der Waals surface area contributed by atoms with E-state index in [0.717, 1.165) is 0 Å². The fourth-order valence-electron chi connectivity index (χ4n) is 0.800. The maximum absolute atomic E-state index is 9.14. The molecule has 0 unspecified atom stereocenters. The van der Waals surface area contributed by atoms with Gasteiger partial charge in [-0.25, -0.2) is 0 Å². The van der Waals surface area contributed by atoms with E-state index < -0.39 is 0 Å². The summed E-state index contributed by atoms with van der Waals surface area (Å²) in [6.45, 7) is 0.436. The van der Waals surface area contributed by atoms with Gasteiger partial charge in [0.1, 0.15) is 11.5 Å². The summed E-state index contributed by atoms with van der Waals surface area (Å²) in [5, 5.41) is 18.0. The minimum Gasteiger partial charge on any atom is -0.506 e. The first-order valence-corrected chi connectivity index (χ1v) is 3.31. The smallest absolute Gasteiger partial charge is 0.140 e. The van der Waals surface area contributed by atoms with Gasteiger partial charge in [0.05, 0.1) is 11.9 Å². The molecule has 0 fully saturated rings. The summed E-state index contributed by atoms with van der Waals surface area (Å²) >= 11 is 0. The van der Waals surface area contributed by atoms with Crippen LogP contribution in [0.2, 0.25) is 0 Å². The van der Waals surface area contributed by atoms with Gasteiger partial charge >= 0.3 is 0 Å². The van der Waals surface area contributed by atoms with Crippen molar-refractivity contribution in [3.8, 4) is 11.5 Å². The van der Waals surface area contributed by atoms with Crippen LogP contribution in [-0.4, -0.2) is 21.7 Å². The lowest BCUT2D eigenvalue weighted by Gasteiger charge is -2.00. The minimum atomic E-state index is -0.0386. The molecule has 4 N–H and O–H groups in total. The molecule has 0 bridgehead atoms. The molecule has 0 saturated carbocycles. The maximum Gasteiger partial charge on any atom is 0.140 e. The molecule has 0 saturated heterocycles. The molecular formula is C7H10N2O2. The summed E-state index contributed by atoms with van der Waals surface area (Å²) in [5.74, 6) is -0.0429. The van der Waals surface area contributed by atoms with Crippen LogP contribution in [0.5, 0.6) is 11.5 Å². The van der Waals surface area contributed by atoms with Crippen LogP contribution in [0.25, 0.3) is 0 Å². The molecule has 0 aliphatic carbocycles. The number of hydrogen-bond acceptors (Lipinski definition) is 4. The number of pyridine rings is 1. The fraction of sp³-hybridized carbons (Fsp3) is 0.286. The Hall–Kier alpha value is -1.29. The second kappa shape index (κ2) is 3.21. The molecule has 0 aliphatic heterocycles. The molecule has 0 amide bonds. The van der Waals surface area contributed by atoms with Gasteiger partial charge in [-0.1, -0.05) is 0 Å². The van der Waals surface area contributed by atoms with E-state index in [-0.39, 0.29) is 11.5 Å². The number of aromatic nitrogens is 1. The van der Waals surface area contributed by atoms with Gasteiger partial charge in [-0.3, -0.25) is 4.98 Å². The normalized spacial score (nSPS) is 9.91. The Morgan fingerprint density at radius 1 is 1.45 bits per heavy atom. The van der Waals surface area contributed by atoms with Gasteiger partial charge in [0.25, 0.3) is 0 Å². The van der Waals surface area contributed by atoms with Crippen molar-refractivity contribution in [3.05, 3.63) is 18.0 Å². The minimum absolute atomic E-state index is 0.00421. The summed E-state index contributed by atoms with van der Waals surface area (Å²) in [5.41, 5.74) is 5.77. The van der Waals surface area contributed by atoms with E-state index in [1.165, 1.54) is 12.3 Å². The molecule has 11 heavy (non-hydrogen) atoms. The Labute approximate surface area is 64.3 Å². The first-order chi connectivity index (χ1) is 5.24. The van der Waals surface area contributed by atoms with Crippen molar-refractivity contribution in [2.45, 2.75) is 6.42 Å². The third kappa shape index (κ3) is 1.81. The van der Waals surface area contributed by atoms with Crippen molar-refractivity contribution >= 4 is 0 Å². The zero-order valence-electron chi connectivity index (χ0n) is 5.99. The van der Waals surface area contributed by atoms with Crippen LogP contribution in [0, 0.1) is 0 Å². The summed E-state index contributed by atoms with van der Waals surface area (Å²) in [4.78, 5) is 3.79. The fourth-order valence-corrected chi connectivity index (χ4v) is 0.800. The van der Waals surface area contributed by atoms with Crippen LogP contribution in [0.4, 0.5) is 0 Å². The molecule has 0 radical (unpaired) electrons. The largest absolute Gasteiger partial charge is 0.506 e. The number of aromatic hydroxyl groups is 2. The number of rotatable bonds is 2. The monoisotopic (exact) mass is 154 g/mol. The van der Waals surface area contributed by atoms with E-state index >= 15 is 0 Å². The van der Waals surface area contributed by atoms with Crippen molar-refractivity contribution in [2.75, 3.05) is 6.54 Å². The molecular weight excluding hydrogens is 144 g/mol. The molecule has 0 aliphatic rings. The number of nitrogens with two attached hydrogens (primary N) is 1. The molecule has 0 spiro atoms. The van der Waals surface area contributed by atoms with Crippen LogP contribution in [0.1, 0.15) is 5.69 Å². The Balaban J connectivity index is 2.90. The highest BCUT2D eigenvalue weighted by molar-refractivity contribution is 5.32. The van der Waals surface area contributed by atoms with Crippen LogP contribution < -0.4 is 5.73 Å². The predicted octanol–water partition coefficient (Wildman–Crippen LogP) is -0.00600. The summed E-state index contributed by atoms with van der Waals surface area (Å²) in [7, 11) is 0. The highest BCUT2D eigenvalue weighted by Crippen LogP contribution is 2.19. The second-order valence-corrected chi connectivity index (χ2v) is 2.20. The maximum atomic E-state index is 9.14. The van der Waals surface area contributed by atoms with E-state index in [0.29, 0.717) is 18.7 Å². The quantitative estimate of drug-likeness (QED) is 0.560. The van der Waals surface area contributed by atoms with Crippen LogP contribution >= 0.6 is 0 Å². The molecule has 1 aromatic heterocycles. The Morgan fingerprint density at radius 3 is 2.73 bits per heavy atom. The van der Waals surface area contributed by atoms with E-state index in [9.17, 15) is 0 Å². The van der Waals surface area contributed by atoms with E-state index in [1.807, 2.05) is 0 Å². The van der Waals surface area contributed by atoms with Crippen molar-refractivity contribution < 1.29 is 10.2 Å². The Bertz CT molecular complexity index is 250. The molecule has 0 atom stereocenters. The molecule has 4 nitrogen and oxygen atoms in total. The standard InChI is InChI=1S/C7H10N2O2/c8-2-1-6-7(11)3-5(10)4-9-6/h3-4,10-11H,1-2,8H2. The Morgan fingerprint density at radius 2 is 2.18 bits per heavy atom. The van der Waals surface area contributed by atoms with Gasteiger partial charge in [0, 0.05) is 12.5 Å². The number of nitrogens with zero attached hydrogens (tertiary/aromatic N) is 1. The zero-order valence-corrected chi connectivity index (χ0v) is 5.99. The van der Waals surface area contributed by atoms with Gasteiger partial charge in [-0.05, 0) is 6.54 Å². The lowest BCUT2D eigenvalue weighted by atomic mass is 10.2. The van der Waals surface area contributed by atoms with Crippen molar-refractivity contribution in [3.63, 3.8) is 0 Å². The van der Waals surface area contributed by atoms with E-state index in [1.54, 1.807) is 0 Å². The van der Waals surface area contributed by atoms with Crippen molar-refractivity contribution in [1.29, 1.82) is 0 Å². The molecule has 4 heteroatoms. The molecule has 0 aromatic carbocycles. The highest BCUT2D eigenvalue weighted by Gasteiger charge is 2.01. The second-order valence-electron chi connectivity index (χ2n) is 2.20. The van der Waals surface area contributed by atoms with Crippen LogP contribution in [0.3, 0.4) is 0 Å². The SMILES string of the molecule is NCCc1ncc(O)cc1O. The Kier molecular flexibility index (Phi) is 2.28. The van der Waals surface area contributed by atoms with Gasteiger partial charge in [0.15, 0.2) is 0 Å². The van der Waals surface area contributed by atoms with Gasteiger partial charge in [-0.15, -0.1) is 0 Å². The van der Waals surface area contributed by atoms with Gasteiger partial charge in [-0.2, -0.15) is 0 Å². The number of hydrogen-bond donors (Lipinski definition) is 3. The topological polar surface area (TPSA) is 79.4 Å². The van der Waals surface area contributed by atoms with Crippen LogP contribution in [0.15, 0.2) is 12.3 Å². The molecule has 1 aromatic rings. The van der Waals surface area contributed by atoms with Gasteiger partial charge < -0.3 is 15.9 Å². The van der Waals surface area contributed by atoms with Crippen LogP contribution in [-0.2, 0) is 6.42 Å².